The average molecular weight is 387 g/mol. The summed E-state index contributed by atoms with van der Waals surface area (Å²) >= 11 is -1.33. The number of hydrogen-bond acceptors (Lipinski definition) is 3. The fourth-order valence-corrected chi connectivity index (χ4v) is 4.36. The molecule has 5 nitrogen and oxygen atoms in total. The van der Waals surface area contributed by atoms with Crippen LogP contribution in [0.3, 0.4) is 0 Å². The molecular formula is C19H17NO4S2. The lowest BCUT2D eigenvalue weighted by Gasteiger charge is -2.21. The van der Waals surface area contributed by atoms with Crippen molar-refractivity contribution in [2.45, 2.75) is 13.8 Å². The Morgan fingerprint density at radius 3 is 2.27 bits per heavy atom. The summed E-state index contributed by atoms with van der Waals surface area (Å²) < 4.78 is 23.1. The van der Waals surface area contributed by atoms with Crippen molar-refractivity contribution >= 4 is 39.9 Å². The zero-order chi connectivity index (χ0) is 18.8. The van der Waals surface area contributed by atoms with E-state index in [0.717, 1.165) is 37.2 Å². The van der Waals surface area contributed by atoms with Gasteiger partial charge in [-0.05, 0) is 37.1 Å². The molecule has 0 aliphatic rings. The van der Waals surface area contributed by atoms with Gasteiger partial charge < -0.3 is 5.11 Å². The molecule has 3 rings (SSSR count). The van der Waals surface area contributed by atoms with Crippen molar-refractivity contribution in [3.63, 3.8) is 0 Å². The van der Waals surface area contributed by atoms with Crippen molar-refractivity contribution < 1.29 is 18.7 Å². The van der Waals surface area contributed by atoms with E-state index in [0.29, 0.717) is 5.69 Å². The monoisotopic (exact) mass is 387 g/mol. The number of hydrogen-bond donors (Lipinski definition) is 2. The molecule has 0 aliphatic heterocycles. The summed E-state index contributed by atoms with van der Waals surface area (Å²) in [5, 5.41) is 9.62. The Labute approximate surface area is 158 Å². The third-order valence-corrected chi connectivity index (χ3v) is 5.82. The van der Waals surface area contributed by atoms with Gasteiger partial charge in [0.05, 0.1) is 11.4 Å². The zero-order valence-corrected chi connectivity index (χ0v) is 15.8. The van der Waals surface area contributed by atoms with E-state index in [4.69, 9.17) is 0 Å². The molecule has 1 heterocycles. The normalized spacial score (nSPS) is 12.0. The van der Waals surface area contributed by atoms with Crippen LogP contribution >= 0.6 is 11.3 Å². The summed E-state index contributed by atoms with van der Waals surface area (Å²) in [5.41, 5.74) is 3.43. The Balaban J connectivity index is 2.18. The summed E-state index contributed by atoms with van der Waals surface area (Å²) in [5.74, 6) is -1.13. The van der Waals surface area contributed by atoms with Gasteiger partial charge in [-0.25, -0.2) is 13.3 Å². The number of rotatable bonds is 5. The smallest absolute Gasteiger partial charge is 0.348 e. The molecule has 2 N–H and O–H groups in total. The number of benzene rings is 2. The van der Waals surface area contributed by atoms with Crippen LogP contribution in [-0.4, -0.2) is 19.8 Å². The van der Waals surface area contributed by atoms with Crippen LogP contribution in [-0.2, 0) is 11.3 Å². The van der Waals surface area contributed by atoms with E-state index in [2.05, 4.69) is 0 Å². The number of carboxylic acids is 1. The highest BCUT2D eigenvalue weighted by atomic mass is 32.2. The molecule has 0 saturated carbocycles. The molecule has 0 spiro atoms. The van der Waals surface area contributed by atoms with Crippen LogP contribution < -0.4 is 4.31 Å². The number of aryl methyl sites for hydroxylation is 2. The van der Waals surface area contributed by atoms with Crippen LogP contribution in [0.5, 0.6) is 0 Å². The van der Waals surface area contributed by atoms with E-state index in [1.165, 1.54) is 0 Å². The highest BCUT2D eigenvalue weighted by Gasteiger charge is 2.26. The van der Waals surface area contributed by atoms with E-state index in [9.17, 15) is 18.7 Å². The molecule has 2 aromatic carbocycles. The third-order valence-electron chi connectivity index (χ3n) is 3.95. The minimum atomic E-state index is -2.41. The zero-order valence-electron chi connectivity index (χ0n) is 14.2. The van der Waals surface area contributed by atoms with Gasteiger partial charge in [-0.1, -0.05) is 48.0 Å². The van der Waals surface area contributed by atoms with Crippen LogP contribution in [0.15, 0.2) is 54.6 Å². The second-order valence-corrected chi connectivity index (χ2v) is 7.69. The molecule has 7 heteroatoms. The summed E-state index contributed by atoms with van der Waals surface area (Å²) in [6, 6.07) is 16.4. The van der Waals surface area contributed by atoms with Crippen molar-refractivity contribution in [2.24, 2.45) is 0 Å². The molecule has 1 unspecified atom stereocenters. The van der Waals surface area contributed by atoms with Gasteiger partial charge in [0, 0.05) is 4.88 Å². The molecule has 1 aromatic heterocycles. The minimum absolute atomic E-state index is 0.0197. The molecule has 0 amide bonds. The second kappa shape index (κ2) is 7.41. The molecule has 0 aliphatic carbocycles. The van der Waals surface area contributed by atoms with Gasteiger partial charge in [0.15, 0.2) is 0 Å². The summed E-state index contributed by atoms with van der Waals surface area (Å²) in [6.45, 7) is 3.78. The first-order chi connectivity index (χ1) is 12.4. The van der Waals surface area contributed by atoms with Gasteiger partial charge >= 0.3 is 5.97 Å². The molecule has 0 radical (unpaired) electrons. The maximum absolute atomic E-state index is 12.1. The lowest BCUT2D eigenvalue weighted by atomic mass is 10.1. The molecule has 134 valence electrons. The summed E-state index contributed by atoms with van der Waals surface area (Å²) in [4.78, 5) is 12.5. The van der Waals surface area contributed by atoms with E-state index < -0.39 is 17.2 Å². The molecule has 26 heavy (non-hydrogen) atoms. The lowest BCUT2D eigenvalue weighted by Crippen LogP contribution is -2.21. The van der Waals surface area contributed by atoms with E-state index in [-0.39, 0.29) is 10.6 Å². The molecule has 0 bridgehead atoms. The lowest BCUT2D eigenvalue weighted by molar-refractivity contribution is 0.0703. The number of anilines is 2. The molecular weight excluding hydrogens is 370 g/mol. The summed E-state index contributed by atoms with van der Waals surface area (Å²) in [7, 11) is 0. The molecule has 3 aromatic rings. The van der Waals surface area contributed by atoms with Crippen LogP contribution in [0.1, 0.15) is 20.8 Å². The molecule has 0 fully saturated rings. The van der Waals surface area contributed by atoms with Gasteiger partial charge in [-0.15, -0.1) is 11.3 Å². The van der Waals surface area contributed by atoms with E-state index >= 15 is 0 Å². The third kappa shape index (κ3) is 3.55. The number of carbonyl (C=O) groups is 1. The van der Waals surface area contributed by atoms with Crippen LogP contribution in [0.4, 0.5) is 11.4 Å². The second-order valence-electron chi connectivity index (χ2n) is 5.81. The first kappa shape index (κ1) is 18.3. The maximum atomic E-state index is 12.1. The van der Waals surface area contributed by atoms with Gasteiger partial charge in [-0.3, -0.25) is 4.55 Å². The topological polar surface area (TPSA) is 77.8 Å². The van der Waals surface area contributed by atoms with Crippen LogP contribution in [0.25, 0.3) is 10.4 Å². The number of nitrogens with zero attached hydrogens (tertiary/aromatic N) is 1. The van der Waals surface area contributed by atoms with Gasteiger partial charge in [0.1, 0.15) is 4.88 Å². The van der Waals surface area contributed by atoms with E-state index in [1.54, 1.807) is 18.2 Å². The Morgan fingerprint density at radius 1 is 1.04 bits per heavy atom. The highest BCUT2D eigenvalue weighted by molar-refractivity contribution is 7.81. The molecule has 1 atom stereocenters. The number of thiophene rings is 1. The number of carboxylic acid groups (broad SMARTS) is 1. The molecule has 0 saturated heterocycles. The van der Waals surface area contributed by atoms with Gasteiger partial charge in [0.25, 0.3) is 11.3 Å². The Morgan fingerprint density at radius 2 is 1.69 bits per heavy atom. The van der Waals surface area contributed by atoms with Crippen molar-refractivity contribution in [1.82, 2.24) is 0 Å². The van der Waals surface area contributed by atoms with Crippen LogP contribution in [0, 0.1) is 13.8 Å². The van der Waals surface area contributed by atoms with Crippen molar-refractivity contribution in [3.05, 3.63) is 70.6 Å². The predicted molar refractivity (Wildman–Crippen MR) is 106 cm³/mol. The summed E-state index contributed by atoms with van der Waals surface area (Å²) in [6.07, 6.45) is 0. The first-order valence-corrected chi connectivity index (χ1v) is 9.67. The van der Waals surface area contributed by atoms with E-state index in [1.807, 2.05) is 50.2 Å². The fourth-order valence-electron chi connectivity index (χ4n) is 2.63. The predicted octanol–water partition coefficient (Wildman–Crippen LogP) is 5.00. The number of aromatic carboxylic acids is 1. The van der Waals surface area contributed by atoms with Crippen molar-refractivity contribution in [1.29, 1.82) is 0 Å². The fraction of sp³-hybridized carbons (Fsp3) is 0.105. The Bertz CT molecular complexity index is 979. The highest BCUT2D eigenvalue weighted by Crippen LogP contribution is 2.41. The largest absolute Gasteiger partial charge is 0.477 e. The van der Waals surface area contributed by atoms with Crippen LogP contribution in [0.2, 0.25) is 0 Å². The first-order valence-electron chi connectivity index (χ1n) is 7.79. The maximum Gasteiger partial charge on any atom is 0.348 e. The Hall–Kier alpha value is -2.48. The minimum Gasteiger partial charge on any atom is -0.477 e. The SMILES string of the molecule is Cc1ccc(-c2cc(N(c3ccccc3C)S(=O)O)c(C(=O)O)s2)cc1. The van der Waals surface area contributed by atoms with Gasteiger partial charge in [-0.2, -0.15) is 0 Å². The average Bonchev–Trinajstić information content (AvgIpc) is 3.02. The quantitative estimate of drug-likeness (QED) is 0.604. The van der Waals surface area contributed by atoms with Gasteiger partial charge in [0.2, 0.25) is 0 Å². The number of para-hydroxylation sites is 1. The standard InChI is InChI=1S/C19H17NO4S2/c1-12-7-9-14(10-8-12)17-11-16(18(25-17)19(21)22)20(26(23)24)15-6-4-3-5-13(15)2/h3-11H,1-2H3,(H,21,22)(H,23,24). The Kier molecular flexibility index (Phi) is 5.22. The van der Waals surface area contributed by atoms with Crippen molar-refractivity contribution in [3.8, 4) is 10.4 Å². The van der Waals surface area contributed by atoms with Crippen molar-refractivity contribution in [2.75, 3.05) is 4.31 Å².